The quantitative estimate of drug-likeness (QED) is 0.511. The molecule has 0 radical (unpaired) electrons. The Morgan fingerprint density at radius 1 is 1.60 bits per heavy atom. The number of nitrogens with one attached hydrogen (secondary N) is 2. The molecule has 88 valence electrons. The Bertz CT molecular complexity index is 191. The SMILES string of the molecule is CC(O)CNCCNC(=O)C1CCCO1. The van der Waals surface area contributed by atoms with E-state index in [4.69, 9.17) is 9.84 Å². The minimum atomic E-state index is -0.348. The molecule has 5 heteroatoms. The summed E-state index contributed by atoms with van der Waals surface area (Å²) in [5.41, 5.74) is 0. The number of hydrogen-bond acceptors (Lipinski definition) is 4. The van der Waals surface area contributed by atoms with Crippen molar-refractivity contribution in [1.29, 1.82) is 0 Å². The molecule has 0 aromatic heterocycles. The molecule has 5 nitrogen and oxygen atoms in total. The Morgan fingerprint density at radius 2 is 2.40 bits per heavy atom. The number of aliphatic hydroxyl groups is 1. The summed E-state index contributed by atoms with van der Waals surface area (Å²) in [7, 11) is 0. The summed E-state index contributed by atoms with van der Waals surface area (Å²) in [4.78, 5) is 11.4. The Kier molecular flexibility index (Phi) is 5.60. The van der Waals surface area contributed by atoms with E-state index in [1.54, 1.807) is 6.92 Å². The topological polar surface area (TPSA) is 70.6 Å². The number of rotatable bonds is 6. The zero-order chi connectivity index (χ0) is 11.1. The molecule has 0 spiro atoms. The molecule has 0 bridgehead atoms. The fourth-order valence-electron chi connectivity index (χ4n) is 1.48. The number of ether oxygens (including phenoxy) is 1. The second-order valence-corrected chi connectivity index (χ2v) is 3.85. The summed E-state index contributed by atoms with van der Waals surface area (Å²) in [6, 6.07) is 0. The number of hydrogen-bond donors (Lipinski definition) is 3. The van der Waals surface area contributed by atoms with Gasteiger partial charge in [0.2, 0.25) is 5.91 Å². The van der Waals surface area contributed by atoms with E-state index in [2.05, 4.69) is 10.6 Å². The molecule has 3 N–H and O–H groups in total. The molecule has 0 saturated carbocycles. The van der Waals surface area contributed by atoms with E-state index < -0.39 is 0 Å². The van der Waals surface area contributed by atoms with Gasteiger partial charge in [-0.3, -0.25) is 4.79 Å². The lowest BCUT2D eigenvalue weighted by atomic mass is 10.2. The summed E-state index contributed by atoms with van der Waals surface area (Å²) < 4.78 is 5.24. The summed E-state index contributed by atoms with van der Waals surface area (Å²) in [6.07, 6.45) is 1.20. The van der Waals surface area contributed by atoms with Crippen molar-refractivity contribution in [2.24, 2.45) is 0 Å². The minimum Gasteiger partial charge on any atom is -0.392 e. The first kappa shape index (κ1) is 12.4. The van der Waals surface area contributed by atoms with Gasteiger partial charge in [0.15, 0.2) is 0 Å². The maximum absolute atomic E-state index is 11.4. The van der Waals surface area contributed by atoms with Gasteiger partial charge in [-0.15, -0.1) is 0 Å². The second kappa shape index (κ2) is 6.76. The highest BCUT2D eigenvalue weighted by atomic mass is 16.5. The molecule has 1 aliphatic rings. The van der Waals surface area contributed by atoms with Gasteiger partial charge in [-0.2, -0.15) is 0 Å². The van der Waals surface area contributed by atoms with Gasteiger partial charge in [0.1, 0.15) is 6.10 Å². The van der Waals surface area contributed by atoms with Crippen molar-refractivity contribution in [3.63, 3.8) is 0 Å². The highest BCUT2D eigenvalue weighted by Crippen LogP contribution is 2.11. The predicted octanol–water partition coefficient (Wildman–Crippen LogP) is -0.748. The molecular weight excluding hydrogens is 196 g/mol. The van der Waals surface area contributed by atoms with Crippen LogP contribution < -0.4 is 10.6 Å². The normalized spacial score (nSPS) is 22.7. The number of carbonyl (C=O) groups is 1. The van der Waals surface area contributed by atoms with Crippen LogP contribution in [0.2, 0.25) is 0 Å². The van der Waals surface area contributed by atoms with Gasteiger partial charge in [-0.1, -0.05) is 0 Å². The predicted molar refractivity (Wildman–Crippen MR) is 56.5 cm³/mol. The van der Waals surface area contributed by atoms with Crippen LogP contribution in [0, 0.1) is 0 Å². The van der Waals surface area contributed by atoms with E-state index in [0.29, 0.717) is 26.2 Å². The van der Waals surface area contributed by atoms with E-state index in [9.17, 15) is 4.79 Å². The van der Waals surface area contributed by atoms with Crippen LogP contribution in [-0.4, -0.2) is 49.5 Å². The molecule has 15 heavy (non-hydrogen) atoms. The van der Waals surface area contributed by atoms with Crippen LogP contribution in [0.3, 0.4) is 0 Å². The van der Waals surface area contributed by atoms with Gasteiger partial charge >= 0.3 is 0 Å². The average molecular weight is 216 g/mol. The average Bonchev–Trinajstić information content (AvgIpc) is 2.69. The number of aliphatic hydroxyl groups excluding tert-OH is 1. The lowest BCUT2D eigenvalue weighted by Gasteiger charge is -2.11. The second-order valence-electron chi connectivity index (χ2n) is 3.85. The Hall–Kier alpha value is -0.650. The van der Waals surface area contributed by atoms with Crippen LogP contribution in [0.4, 0.5) is 0 Å². The molecule has 1 heterocycles. The van der Waals surface area contributed by atoms with Crippen LogP contribution in [0.25, 0.3) is 0 Å². The third-order valence-electron chi connectivity index (χ3n) is 2.26. The summed E-state index contributed by atoms with van der Waals surface area (Å²) in [5.74, 6) is -0.0219. The molecule has 1 amide bonds. The van der Waals surface area contributed by atoms with Crippen LogP contribution in [0.15, 0.2) is 0 Å². The Balaban J connectivity index is 1.97. The van der Waals surface area contributed by atoms with Crippen molar-refractivity contribution in [2.75, 3.05) is 26.2 Å². The molecule has 2 atom stereocenters. The molecule has 0 aromatic carbocycles. The zero-order valence-electron chi connectivity index (χ0n) is 9.16. The van der Waals surface area contributed by atoms with Crippen molar-refractivity contribution < 1.29 is 14.6 Å². The maximum atomic E-state index is 11.4. The van der Waals surface area contributed by atoms with E-state index >= 15 is 0 Å². The van der Waals surface area contributed by atoms with E-state index in [0.717, 1.165) is 12.8 Å². The lowest BCUT2D eigenvalue weighted by Crippen LogP contribution is -2.39. The van der Waals surface area contributed by atoms with E-state index in [1.165, 1.54) is 0 Å². The third-order valence-corrected chi connectivity index (χ3v) is 2.26. The van der Waals surface area contributed by atoms with Crippen LogP contribution in [0.1, 0.15) is 19.8 Å². The highest BCUT2D eigenvalue weighted by Gasteiger charge is 2.22. The fourth-order valence-corrected chi connectivity index (χ4v) is 1.48. The number of amides is 1. The fraction of sp³-hybridized carbons (Fsp3) is 0.900. The molecule has 1 fully saturated rings. The largest absolute Gasteiger partial charge is 0.392 e. The van der Waals surface area contributed by atoms with E-state index in [1.807, 2.05) is 0 Å². The monoisotopic (exact) mass is 216 g/mol. The first-order valence-corrected chi connectivity index (χ1v) is 5.48. The van der Waals surface area contributed by atoms with Crippen molar-refractivity contribution in [2.45, 2.75) is 32.0 Å². The van der Waals surface area contributed by atoms with Gasteiger partial charge < -0.3 is 20.5 Å². The molecule has 0 aliphatic carbocycles. The number of carbonyl (C=O) groups excluding carboxylic acids is 1. The summed E-state index contributed by atoms with van der Waals surface area (Å²) in [5, 5.41) is 14.8. The molecule has 1 saturated heterocycles. The Morgan fingerprint density at radius 3 is 3.00 bits per heavy atom. The van der Waals surface area contributed by atoms with E-state index in [-0.39, 0.29) is 18.1 Å². The van der Waals surface area contributed by atoms with Crippen molar-refractivity contribution in [3.05, 3.63) is 0 Å². The molecule has 0 aromatic rings. The van der Waals surface area contributed by atoms with Gasteiger partial charge in [0, 0.05) is 26.2 Å². The van der Waals surface area contributed by atoms with Gasteiger partial charge in [0.05, 0.1) is 6.10 Å². The van der Waals surface area contributed by atoms with Gasteiger partial charge in [0.25, 0.3) is 0 Å². The van der Waals surface area contributed by atoms with Crippen LogP contribution in [-0.2, 0) is 9.53 Å². The minimum absolute atomic E-state index is 0.0219. The standard InChI is InChI=1S/C10H20N2O3/c1-8(13)7-11-4-5-12-10(14)9-3-2-6-15-9/h8-9,11,13H,2-7H2,1H3,(H,12,14). The van der Waals surface area contributed by atoms with Crippen LogP contribution in [0.5, 0.6) is 0 Å². The van der Waals surface area contributed by atoms with Crippen molar-refractivity contribution >= 4 is 5.91 Å². The first-order valence-electron chi connectivity index (χ1n) is 5.48. The lowest BCUT2D eigenvalue weighted by molar-refractivity contribution is -0.129. The maximum Gasteiger partial charge on any atom is 0.249 e. The highest BCUT2D eigenvalue weighted by molar-refractivity contribution is 5.80. The Labute approximate surface area is 90.2 Å². The van der Waals surface area contributed by atoms with Crippen molar-refractivity contribution in [1.82, 2.24) is 10.6 Å². The third kappa shape index (κ3) is 5.11. The van der Waals surface area contributed by atoms with Crippen LogP contribution >= 0.6 is 0 Å². The summed E-state index contributed by atoms with van der Waals surface area (Å²) in [6.45, 7) is 4.21. The van der Waals surface area contributed by atoms with Gasteiger partial charge in [-0.05, 0) is 19.8 Å². The molecule has 2 unspecified atom stereocenters. The van der Waals surface area contributed by atoms with Gasteiger partial charge in [-0.25, -0.2) is 0 Å². The summed E-state index contributed by atoms with van der Waals surface area (Å²) >= 11 is 0. The first-order chi connectivity index (χ1) is 7.20. The molecule has 1 rings (SSSR count). The molecule has 1 aliphatic heterocycles. The zero-order valence-corrected chi connectivity index (χ0v) is 9.16. The van der Waals surface area contributed by atoms with Crippen molar-refractivity contribution in [3.8, 4) is 0 Å². The molecular formula is C10H20N2O3. The smallest absolute Gasteiger partial charge is 0.249 e.